The van der Waals surface area contributed by atoms with Gasteiger partial charge in [0.1, 0.15) is 0 Å². The molecule has 1 aromatic heterocycles. The van der Waals surface area contributed by atoms with Crippen LogP contribution in [0.1, 0.15) is 10.5 Å². The van der Waals surface area contributed by atoms with Crippen LogP contribution >= 0.6 is 0 Å². The van der Waals surface area contributed by atoms with Crippen molar-refractivity contribution in [3.05, 3.63) is 11.9 Å². The van der Waals surface area contributed by atoms with Crippen LogP contribution in [0.25, 0.3) is 0 Å². The van der Waals surface area contributed by atoms with Crippen LogP contribution in [0.5, 0.6) is 0 Å². The Morgan fingerprint density at radius 1 is 1.67 bits per heavy atom. The Balaban J connectivity index is 2.66. The van der Waals surface area contributed by atoms with Gasteiger partial charge in [0.2, 0.25) is 0 Å². The minimum absolute atomic E-state index is 0.00259. The molecule has 0 saturated carbocycles. The molecule has 0 aliphatic rings. The maximum absolute atomic E-state index is 11.3. The first-order chi connectivity index (χ1) is 7.04. The molecule has 3 N–H and O–H groups in total. The first-order valence-corrected chi connectivity index (χ1v) is 4.05. The summed E-state index contributed by atoms with van der Waals surface area (Å²) in [7, 11) is 1.57. The largest absolute Gasteiger partial charge is 0.480 e. The summed E-state index contributed by atoms with van der Waals surface area (Å²) < 4.78 is 1.31. The van der Waals surface area contributed by atoms with E-state index in [9.17, 15) is 9.59 Å². The van der Waals surface area contributed by atoms with Crippen molar-refractivity contribution in [1.29, 1.82) is 0 Å². The summed E-state index contributed by atoms with van der Waals surface area (Å²) in [6.07, 6.45) is 1.34. The Morgan fingerprint density at radius 3 is 2.73 bits per heavy atom. The van der Waals surface area contributed by atoms with E-state index >= 15 is 0 Å². The van der Waals surface area contributed by atoms with E-state index in [0.29, 0.717) is 0 Å². The summed E-state index contributed by atoms with van der Waals surface area (Å²) in [6.45, 7) is -0.679. The zero-order valence-corrected chi connectivity index (χ0v) is 7.91. The van der Waals surface area contributed by atoms with Crippen LogP contribution in [0.15, 0.2) is 6.20 Å². The second-order valence-corrected chi connectivity index (χ2v) is 2.82. The van der Waals surface area contributed by atoms with Crippen LogP contribution in [0.2, 0.25) is 0 Å². The van der Waals surface area contributed by atoms with Gasteiger partial charge in [-0.05, 0) is 0 Å². The van der Waals surface area contributed by atoms with Crippen molar-refractivity contribution in [2.45, 2.75) is 6.04 Å². The monoisotopic (exact) mass is 214 g/mol. The Labute approximate surface area is 84.5 Å². The molecule has 1 heterocycles. The van der Waals surface area contributed by atoms with Crippen LogP contribution in [-0.4, -0.2) is 49.7 Å². The fourth-order valence-corrected chi connectivity index (χ4v) is 0.869. The third-order valence-electron chi connectivity index (χ3n) is 1.62. The molecule has 0 bridgehead atoms. The highest BCUT2D eigenvalue weighted by molar-refractivity contribution is 5.94. The Hall–Kier alpha value is -1.96. The summed E-state index contributed by atoms with van der Waals surface area (Å²) >= 11 is 0. The number of carboxylic acids is 1. The maximum atomic E-state index is 11.3. The van der Waals surface area contributed by atoms with E-state index in [4.69, 9.17) is 10.2 Å². The van der Waals surface area contributed by atoms with Crippen LogP contribution in [0.4, 0.5) is 0 Å². The highest BCUT2D eigenvalue weighted by Gasteiger charge is 2.20. The van der Waals surface area contributed by atoms with E-state index in [2.05, 4.69) is 15.6 Å². The number of aliphatic hydroxyl groups is 1. The quantitative estimate of drug-likeness (QED) is 0.533. The summed E-state index contributed by atoms with van der Waals surface area (Å²) in [6, 6.07) is -1.33. The van der Waals surface area contributed by atoms with Crippen LogP contribution in [0, 0.1) is 0 Å². The molecule has 0 fully saturated rings. The van der Waals surface area contributed by atoms with Gasteiger partial charge in [-0.1, -0.05) is 5.21 Å². The SMILES string of the molecule is Cn1cc(C(=O)NC(CO)C(=O)O)nn1. The van der Waals surface area contributed by atoms with E-state index in [0.717, 1.165) is 0 Å². The number of carbonyl (C=O) groups excluding carboxylic acids is 1. The predicted molar refractivity (Wildman–Crippen MR) is 47.0 cm³/mol. The maximum Gasteiger partial charge on any atom is 0.328 e. The molecule has 0 spiro atoms. The second kappa shape index (κ2) is 4.51. The molecule has 0 radical (unpaired) electrons. The third-order valence-corrected chi connectivity index (χ3v) is 1.62. The molecule has 1 rings (SSSR count). The zero-order chi connectivity index (χ0) is 11.4. The number of nitrogens with zero attached hydrogens (tertiary/aromatic N) is 3. The number of hydrogen-bond donors (Lipinski definition) is 3. The summed E-state index contributed by atoms with van der Waals surface area (Å²) in [4.78, 5) is 21.8. The summed E-state index contributed by atoms with van der Waals surface area (Å²) in [5.41, 5.74) is -0.00259. The van der Waals surface area contributed by atoms with Gasteiger partial charge in [-0.2, -0.15) is 0 Å². The molecular weight excluding hydrogens is 204 g/mol. The number of rotatable bonds is 4. The lowest BCUT2D eigenvalue weighted by molar-refractivity contribution is -0.140. The molecular formula is C7H10N4O4. The third kappa shape index (κ3) is 2.74. The molecule has 15 heavy (non-hydrogen) atoms. The summed E-state index contributed by atoms with van der Waals surface area (Å²) in [5, 5.41) is 26.3. The molecule has 1 amide bonds. The van der Waals surface area contributed by atoms with Gasteiger partial charge in [0.05, 0.1) is 12.8 Å². The fraction of sp³-hybridized carbons (Fsp3) is 0.429. The number of amides is 1. The highest BCUT2D eigenvalue weighted by Crippen LogP contribution is 1.93. The van der Waals surface area contributed by atoms with Crippen molar-refractivity contribution >= 4 is 11.9 Å². The molecule has 0 aliphatic carbocycles. The van der Waals surface area contributed by atoms with Gasteiger partial charge in [-0.15, -0.1) is 5.10 Å². The molecule has 0 aliphatic heterocycles. The van der Waals surface area contributed by atoms with Gasteiger partial charge in [0, 0.05) is 7.05 Å². The lowest BCUT2D eigenvalue weighted by Gasteiger charge is -2.09. The normalized spacial score (nSPS) is 12.1. The minimum Gasteiger partial charge on any atom is -0.480 e. The lowest BCUT2D eigenvalue weighted by atomic mass is 10.3. The highest BCUT2D eigenvalue weighted by atomic mass is 16.4. The van der Waals surface area contributed by atoms with Gasteiger partial charge in [-0.25, -0.2) is 4.79 Å². The number of hydrogen-bond acceptors (Lipinski definition) is 5. The number of aliphatic carboxylic acids is 1. The van der Waals surface area contributed by atoms with Gasteiger partial charge in [0.25, 0.3) is 5.91 Å². The number of carbonyl (C=O) groups is 2. The minimum atomic E-state index is -1.33. The van der Waals surface area contributed by atoms with Crippen LogP contribution < -0.4 is 5.32 Å². The molecule has 82 valence electrons. The van der Waals surface area contributed by atoms with Crippen molar-refractivity contribution in [2.24, 2.45) is 7.05 Å². The van der Waals surface area contributed by atoms with E-state index < -0.39 is 24.5 Å². The standard InChI is InChI=1S/C7H10N4O4/c1-11-2-4(9-10-11)6(13)8-5(3-12)7(14)15/h2,5,12H,3H2,1H3,(H,8,13)(H,14,15). The number of aliphatic hydroxyl groups excluding tert-OH is 1. The van der Waals surface area contributed by atoms with Crippen LogP contribution in [0.3, 0.4) is 0 Å². The van der Waals surface area contributed by atoms with Crippen molar-refractivity contribution in [2.75, 3.05) is 6.61 Å². The topological polar surface area (TPSA) is 117 Å². The fourth-order valence-electron chi connectivity index (χ4n) is 0.869. The van der Waals surface area contributed by atoms with Gasteiger partial charge in [0.15, 0.2) is 11.7 Å². The molecule has 1 aromatic rings. The molecule has 8 heteroatoms. The van der Waals surface area contributed by atoms with E-state index in [1.54, 1.807) is 7.05 Å². The van der Waals surface area contributed by atoms with E-state index in [-0.39, 0.29) is 5.69 Å². The zero-order valence-electron chi connectivity index (χ0n) is 7.91. The first-order valence-electron chi connectivity index (χ1n) is 4.05. The lowest BCUT2D eigenvalue weighted by Crippen LogP contribution is -2.43. The predicted octanol–water partition coefficient (Wildman–Crippen LogP) is -2.01. The number of aryl methyl sites for hydroxylation is 1. The van der Waals surface area contributed by atoms with Crippen molar-refractivity contribution in [1.82, 2.24) is 20.3 Å². The van der Waals surface area contributed by atoms with E-state index in [1.165, 1.54) is 10.9 Å². The molecule has 1 unspecified atom stereocenters. The number of aromatic nitrogens is 3. The Kier molecular flexibility index (Phi) is 3.34. The molecule has 8 nitrogen and oxygen atoms in total. The smallest absolute Gasteiger partial charge is 0.328 e. The number of nitrogens with one attached hydrogen (secondary N) is 1. The van der Waals surface area contributed by atoms with Crippen LogP contribution in [-0.2, 0) is 11.8 Å². The average Bonchev–Trinajstić information content (AvgIpc) is 2.60. The van der Waals surface area contributed by atoms with E-state index in [1.807, 2.05) is 0 Å². The average molecular weight is 214 g/mol. The Bertz CT molecular complexity index is 375. The van der Waals surface area contributed by atoms with Gasteiger partial charge < -0.3 is 15.5 Å². The van der Waals surface area contributed by atoms with Gasteiger partial charge >= 0.3 is 5.97 Å². The number of carboxylic acid groups (broad SMARTS) is 1. The Morgan fingerprint density at radius 2 is 2.33 bits per heavy atom. The van der Waals surface area contributed by atoms with Crippen molar-refractivity contribution in [3.8, 4) is 0 Å². The summed E-state index contributed by atoms with van der Waals surface area (Å²) in [5.74, 6) is -2.00. The molecule has 0 aromatic carbocycles. The van der Waals surface area contributed by atoms with Gasteiger partial charge in [-0.3, -0.25) is 9.48 Å². The molecule has 0 saturated heterocycles. The first kappa shape index (κ1) is 11.1. The second-order valence-electron chi connectivity index (χ2n) is 2.82. The van der Waals surface area contributed by atoms with Crippen molar-refractivity contribution < 1.29 is 19.8 Å². The molecule has 1 atom stereocenters. The van der Waals surface area contributed by atoms with Crippen molar-refractivity contribution in [3.63, 3.8) is 0 Å².